The normalized spacial score (nSPS) is 10.7. The molecule has 1 heterocycles. The molecule has 0 saturated carbocycles. The molecule has 96 valence electrons. The van der Waals surface area contributed by atoms with Crippen molar-refractivity contribution in [2.24, 2.45) is 0 Å². The summed E-state index contributed by atoms with van der Waals surface area (Å²) in [5.74, 6) is 0. The van der Waals surface area contributed by atoms with Gasteiger partial charge in [0.2, 0.25) is 0 Å². The van der Waals surface area contributed by atoms with Crippen LogP contribution in [0.2, 0.25) is 0 Å². The van der Waals surface area contributed by atoms with Crippen molar-refractivity contribution in [1.29, 1.82) is 0 Å². The van der Waals surface area contributed by atoms with Crippen LogP contribution < -0.4 is 28.6 Å². The first-order valence-corrected chi connectivity index (χ1v) is 6.68. The predicted octanol–water partition coefficient (Wildman–Crippen LogP) is -0.574. The number of halogens is 1. The number of para-hydroxylation sites is 1. The smallest absolute Gasteiger partial charge is 0.336 e. The van der Waals surface area contributed by atoms with Gasteiger partial charge in [0.1, 0.15) is 5.58 Å². The van der Waals surface area contributed by atoms with Gasteiger partial charge in [-0.3, -0.25) is 0 Å². The van der Waals surface area contributed by atoms with Crippen LogP contribution in [0, 0.1) is 0 Å². The molecule has 19 heavy (non-hydrogen) atoms. The molecule has 0 spiro atoms. The fourth-order valence-corrected chi connectivity index (χ4v) is 3.03. The molecular formula is C15H11ClO2P-. The zero-order chi connectivity index (χ0) is 12.4. The Bertz CT molecular complexity index is 738. The fraction of sp³-hybridized carbons (Fsp3) is 0. The molecule has 3 rings (SSSR count). The van der Waals surface area contributed by atoms with Crippen LogP contribution in [0.15, 0.2) is 69.9 Å². The van der Waals surface area contributed by atoms with Gasteiger partial charge in [-0.05, 0) is 11.4 Å². The van der Waals surface area contributed by atoms with E-state index in [0.29, 0.717) is 14.2 Å². The van der Waals surface area contributed by atoms with E-state index in [0.717, 1.165) is 10.7 Å². The molecule has 1 unspecified atom stereocenters. The Morgan fingerprint density at radius 1 is 0.842 bits per heavy atom. The summed E-state index contributed by atoms with van der Waals surface area (Å²) >= 11 is 0. The highest BCUT2D eigenvalue weighted by atomic mass is 35.5. The Morgan fingerprint density at radius 2 is 1.63 bits per heavy atom. The highest BCUT2D eigenvalue weighted by Crippen LogP contribution is 2.18. The second-order valence-electron chi connectivity index (χ2n) is 3.97. The van der Waals surface area contributed by atoms with Crippen molar-refractivity contribution in [3.05, 3.63) is 71.1 Å². The van der Waals surface area contributed by atoms with Gasteiger partial charge in [-0.15, -0.1) is 0 Å². The van der Waals surface area contributed by atoms with E-state index in [1.54, 1.807) is 6.07 Å². The van der Waals surface area contributed by atoms with Crippen molar-refractivity contribution in [2.45, 2.75) is 0 Å². The van der Waals surface area contributed by atoms with Gasteiger partial charge in [0, 0.05) is 16.8 Å². The number of hydrogen-bond acceptors (Lipinski definition) is 2. The van der Waals surface area contributed by atoms with Gasteiger partial charge in [0.15, 0.2) is 0 Å². The molecule has 1 aromatic heterocycles. The molecule has 1 atom stereocenters. The zero-order valence-electron chi connectivity index (χ0n) is 9.97. The highest BCUT2D eigenvalue weighted by molar-refractivity contribution is 7.56. The molecule has 4 heteroatoms. The van der Waals surface area contributed by atoms with Crippen LogP contribution in [0.25, 0.3) is 11.0 Å². The molecule has 3 aromatic rings. The van der Waals surface area contributed by atoms with E-state index in [1.165, 1.54) is 11.4 Å². The predicted molar refractivity (Wildman–Crippen MR) is 76.5 cm³/mol. The third-order valence-corrected chi connectivity index (χ3v) is 3.98. The van der Waals surface area contributed by atoms with Crippen LogP contribution in [0.1, 0.15) is 0 Å². The maximum Gasteiger partial charge on any atom is 0.336 e. The largest absolute Gasteiger partial charge is 1.00 e. The van der Waals surface area contributed by atoms with Crippen molar-refractivity contribution >= 4 is 30.2 Å². The van der Waals surface area contributed by atoms with Crippen LogP contribution in [0.5, 0.6) is 0 Å². The van der Waals surface area contributed by atoms with Crippen LogP contribution in [0.3, 0.4) is 0 Å². The Kier molecular flexibility index (Phi) is 4.36. The molecule has 0 bridgehead atoms. The molecule has 0 saturated heterocycles. The zero-order valence-corrected chi connectivity index (χ0v) is 11.7. The van der Waals surface area contributed by atoms with Crippen LogP contribution in [-0.2, 0) is 0 Å². The van der Waals surface area contributed by atoms with Gasteiger partial charge in [-0.2, -0.15) is 0 Å². The average Bonchev–Trinajstić information content (AvgIpc) is 2.41. The van der Waals surface area contributed by atoms with Crippen LogP contribution in [-0.4, -0.2) is 0 Å². The van der Waals surface area contributed by atoms with Gasteiger partial charge in [0.05, 0.1) is 0 Å². The molecule has 0 N–H and O–H groups in total. The molecule has 0 aliphatic carbocycles. The first-order chi connectivity index (χ1) is 8.83. The van der Waals surface area contributed by atoms with E-state index in [1.807, 2.05) is 36.4 Å². The summed E-state index contributed by atoms with van der Waals surface area (Å²) in [5, 5.41) is 3.27. The Hall–Kier alpha value is -1.63. The quantitative estimate of drug-likeness (QED) is 0.467. The Balaban J connectivity index is 0.00000133. The molecule has 2 nitrogen and oxygen atoms in total. The number of hydrogen-bond donors (Lipinski definition) is 0. The SMILES string of the molecule is O=c1ccc2cccc(Pc3ccccc3)c2o1.[Cl-]. The minimum Gasteiger partial charge on any atom is -1.00 e. The minimum absolute atomic E-state index is 0. The summed E-state index contributed by atoms with van der Waals surface area (Å²) in [7, 11) is 0.494. The van der Waals surface area contributed by atoms with Crippen molar-refractivity contribution in [2.75, 3.05) is 0 Å². The molecule has 0 amide bonds. The molecule has 0 aliphatic rings. The van der Waals surface area contributed by atoms with Gasteiger partial charge < -0.3 is 16.8 Å². The standard InChI is InChI=1S/C15H11O2P.ClH/c16-14-10-9-11-5-4-8-13(15(11)17-14)18-12-6-2-1-3-7-12;/h1-10,18H;1H/p-1. The van der Waals surface area contributed by atoms with E-state index >= 15 is 0 Å². The fourth-order valence-electron chi connectivity index (χ4n) is 1.87. The first-order valence-electron chi connectivity index (χ1n) is 5.68. The van der Waals surface area contributed by atoms with Gasteiger partial charge >= 0.3 is 5.63 Å². The maximum atomic E-state index is 11.3. The summed E-state index contributed by atoms with van der Waals surface area (Å²) in [4.78, 5) is 11.3. The second-order valence-corrected chi connectivity index (χ2v) is 5.34. The molecule has 0 fully saturated rings. The summed E-state index contributed by atoms with van der Waals surface area (Å²) in [6.45, 7) is 0. The monoisotopic (exact) mass is 289 g/mol. The Morgan fingerprint density at radius 3 is 2.42 bits per heavy atom. The highest BCUT2D eigenvalue weighted by Gasteiger charge is 2.04. The van der Waals surface area contributed by atoms with E-state index < -0.39 is 0 Å². The minimum atomic E-state index is -0.298. The summed E-state index contributed by atoms with van der Waals surface area (Å²) < 4.78 is 5.32. The topological polar surface area (TPSA) is 30.2 Å². The number of fused-ring (bicyclic) bond motifs is 1. The van der Waals surface area contributed by atoms with Gasteiger partial charge in [-0.1, -0.05) is 57.1 Å². The lowest BCUT2D eigenvalue weighted by molar-refractivity contribution is -0.00000391. The van der Waals surface area contributed by atoms with Gasteiger partial charge in [0.25, 0.3) is 0 Å². The second kappa shape index (κ2) is 6.01. The number of benzene rings is 2. The van der Waals surface area contributed by atoms with Crippen molar-refractivity contribution in [3.63, 3.8) is 0 Å². The third kappa shape index (κ3) is 3.04. The lowest BCUT2D eigenvalue weighted by atomic mass is 10.2. The molecule has 0 radical (unpaired) electrons. The van der Waals surface area contributed by atoms with Crippen molar-refractivity contribution < 1.29 is 16.8 Å². The van der Waals surface area contributed by atoms with E-state index in [-0.39, 0.29) is 18.0 Å². The maximum absolute atomic E-state index is 11.3. The summed E-state index contributed by atoms with van der Waals surface area (Å²) in [5.41, 5.74) is 0.403. The molecular weight excluding hydrogens is 279 g/mol. The Labute approximate surface area is 118 Å². The van der Waals surface area contributed by atoms with Crippen molar-refractivity contribution in [1.82, 2.24) is 0 Å². The van der Waals surface area contributed by atoms with E-state index in [2.05, 4.69) is 12.1 Å². The average molecular weight is 290 g/mol. The first kappa shape index (κ1) is 13.8. The lowest BCUT2D eigenvalue weighted by Crippen LogP contribution is -3.00. The molecule has 2 aromatic carbocycles. The van der Waals surface area contributed by atoms with Crippen molar-refractivity contribution in [3.8, 4) is 0 Å². The number of rotatable bonds is 2. The van der Waals surface area contributed by atoms with Crippen LogP contribution in [0.4, 0.5) is 0 Å². The summed E-state index contributed by atoms with van der Waals surface area (Å²) in [6, 6.07) is 19.4. The summed E-state index contributed by atoms with van der Waals surface area (Å²) in [6.07, 6.45) is 0. The van der Waals surface area contributed by atoms with E-state index in [4.69, 9.17) is 4.42 Å². The molecule has 0 aliphatic heterocycles. The van der Waals surface area contributed by atoms with E-state index in [9.17, 15) is 4.79 Å². The van der Waals surface area contributed by atoms with Crippen LogP contribution >= 0.6 is 8.58 Å². The third-order valence-electron chi connectivity index (χ3n) is 2.70. The lowest BCUT2D eigenvalue weighted by Gasteiger charge is -2.04. The van der Waals surface area contributed by atoms with Gasteiger partial charge in [-0.25, -0.2) is 4.79 Å².